The topological polar surface area (TPSA) is 75.7 Å². The highest BCUT2D eigenvalue weighted by molar-refractivity contribution is 7.92. The van der Waals surface area contributed by atoms with Crippen LogP contribution in [-0.4, -0.2) is 33.7 Å². The number of amides is 1. The first-order valence-electron chi connectivity index (χ1n) is 9.82. The SMILES string of the molecule is CC[C@H](NC(=O)[C@@H](CC)N(c1cccc(Cl)c1)S(C)(=O)=O)c1ccc(OC)c(C)c1. The lowest BCUT2D eigenvalue weighted by molar-refractivity contribution is -0.123. The van der Waals surface area contributed by atoms with Crippen LogP contribution in [0, 0.1) is 6.92 Å². The number of halogens is 1. The molecule has 2 aromatic carbocycles. The maximum absolute atomic E-state index is 13.2. The summed E-state index contributed by atoms with van der Waals surface area (Å²) in [5.74, 6) is 0.416. The van der Waals surface area contributed by atoms with Crippen molar-refractivity contribution in [1.29, 1.82) is 0 Å². The van der Waals surface area contributed by atoms with Crippen LogP contribution in [0.1, 0.15) is 43.9 Å². The van der Waals surface area contributed by atoms with Crippen LogP contribution in [0.25, 0.3) is 0 Å². The van der Waals surface area contributed by atoms with E-state index in [2.05, 4.69) is 5.32 Å². The molecule has 0 saturated heterocycles. The molecule has 164 valence electrons. The normalized spacial score (nSPS) is 13.4. The van der Waals surface area contributed by atoms with E-state index in [1.165, 1.54) is 0 Å². The molecule has 0 bridgehead atoms. The lowest BCUT2D eigenvalue weighted by Gasteiger charge is -2.31. The molecule has 1 amide bonds. The van der Waals surface area contributed by atoms with E-state index in [1.54, 1.807) is 38.3 Å². The standard InChI is InChI=1S/C22H29ClN2O4S/c1-6-19(16-11-12-21(29-4)15(3)13-16)24-22(26)20(7-2)25(30(5,27)28)18-10-8-9-17(23)14-18/h8-14,19-20H,6-7H2,1-5H3,(H,24,26)/t19-,20+/m0/s1. The number of carbonyl (C=O) groups is 1. The van der Waals surface area contributed by atoms with Gasteiger partial charge in [-0.15, -0.1) is 0 Å². The molecule has 0 aromatic heterocycles. The van der Waals surface area contributed by atoms with Gasteiger partial charge in [0.25, 0.3) is 0 Å². The molecule has 6 nitrogen and oxygen atoms in total. The summed E-state index contributed by atoms with van der Waals surface area (Å²) in [6.45, 7) is 5.69. The van der Waals surface area contributed by atoms with Crippen molar-refractivity contribution in [3.8, 4) is 5.75 Å². The molecule has 2 rings (SSSR count). The van der Waals surface area contributed by atoms with E-state index in [1.807, 2.05) is 32.0 Å². The van der Waals surface area contributed by atoms with Crippen molar-refractivity contribution in [2.24, 2.45) is 0 Å². The lowest BCUT2D eigenvalue weighted by Crippen LogP contribution is -2.50. The second-order valence-corrected chi connectivity index (χ2v) is 9.46. The zero-order chi connectivity index (χ0) is 22.5. The van der Waals surface area contributed by atoms with Gasteiger partial charge < -0.3 is 10.1 Å². The molecular formula is C22H29ClN2O4S. The predicted molar refractivity (Wildman–Crippen MR) is 122 cm³/mol. The van der Waals surface area contributed by atoms with Crippen LogP contribution >= 0.6 is 11.6 Å². The summed E-state index contributed by atoms with van der Waals surface area (Å²) in [4.78, 5) is 13.2. The van der Waals surface area contributed by atoms with E-state index in [4.69, 9.17) is 16.3 Å². The number of nitrogens with zero attached hydrogens (tertiary/aromatic N) is 1. The Kier molecular flexibility index (Phi) is 8.15. The number of methoxy groups -OCH3 is 1. The van der Waals surface area contributed by atoms with Gasteiger partial charge in [0.05, 0.1) is 25.1 Å². The minimum atomic E-state index is -3.72. The number of hydrogen-bond acceptors (Lipinski definition) is 4. The minimum Gasteiger partial charge on any atom is -0.496 e. The maximum atomic E-state index is 13.2. The van der Waals surface area contributed by atoms with Crippen molar-refractivity contribution < 1.29 is 17.9 Å². The van der Waals surface area contributed by atoms with E-state index in [0.29, 0.717) is 23.6 Å². The number of hydrogen-bond donors (Lipinski definition) is 1. The first kappa shape index (κ1) is 24.0. The summed E-state index contributed by atoms with van der Waals surface area (Å²) in [5.41, 5.74) is 2.26. The van der Waals surface area contributed by atoms with Crippen molar-refractivity contribution >= 4 is 33.2 Å². The first-order valence-corrected chi connectivity index (χ1v) is 12.0. The molecule has 0 unspecified atom stereocenters. The van der Waals surface area contributed by atoms with Crippen molar-refractivity contribution in [2.75, 3.05) is 17.7 Å². The number of aryl methyl sites for hydroxylation is 1. The van der Waals surface area contributed by atoms with Gasteiger partial charge in [-0.05, 0) is 55.2 Å². The highest BCUT2D eigenvalue weighted by Gasteiger charge is 2.32. The Morgan fingerprint density at radius 1 is 1.17 bits per heavy atom. The summed E-state index contributed by atoms with van der Waals surface area (Å²) in [6, 6.07) is 11.1. The summed E-state index contributed by atoms with van der Waals surface area (Å²) >= 11 is 6.06. The molecule has 2 atom stereocenters. The van der Waals surface area contributed by atoms with E-state index in [-0.39, 0.29) is 11.9 Å². The van der Waals surface area contributed by atoms with Crippen molar-refractivity contribution in [1.82, 2.24) is 5.32 Å². The van der Waals surface area contributed by atoms with Crippen LogP contribution in [0.15, 0.2) is 42.5 Å². The lowest BCUT2D eigenvalue weighted by atomic mass is 10.0. The quantitative estimate of drug-likeness (QED) is 0.609. The smallest absolute Gasteiger partial charge is 0.244 e. The van der Waals surface area contributed by atoms with Crippen molar-refractivity contribution in [2.45, 2.75) is 45.7 Å². The highest BCUT2D eigenvalue weighted by Crippen LogP contribution is 2.27. The Labute approximate surface area is 184 Å². The number of rotatable bonds is 9. The fourth-order valence-electron chi connectivity index (χ4n) is 3.48. The predicted octanol–water partition coefficient (Wildman–Crippen LogP) is 4.47. The minimum absolute atomic E-state index is 0.253. The average molecular weight is 453 g/mol. The molecule has 0 aliphatic carbocycles. The number of carbonyl (C=O) groups excluding carboxylic acids is 1. The Morgan fingerprint density at radius 2 is 1.87 bits per heavy atom. The van der Waals surface area contributed by atoms with Crippen LogP contribution in [-0.2, 0) is 14.8 Å². The van der Waals surface area contributed by atoms with Gasteiger partial charge in [0.15, 0.2) is 0 Å². The van der Waals surface area contributed by atoms with E-state index < -0.39 is 16.1 Å². The number of anilines is 1. The second-order valence-electron chi connectivity index (χ2n) is 7.16. The Hall–Kier alpha value is -2.25. The zero-order valence-electron chi connectivity index (χ0n) is 18.0. The van der Waals surface area contributed by atoms with Crippen molar-refractivity contribution in [3.05, 3.63) is 58.6 Å². The number of benzene rings is 2. The van der Waals surface area contributed by atoms with Crippen molar-refractivity contribution in [3.63, 3.8) is 0 Å². The molecule has 0 saturated carbocycles. The highest BCUT2D eigenvalue weighted by atomic mass is 35.5. The van der Waals surface area contributed by atoms with Gasteiger partial charge in [-0.1, -0.05) is 43.6 Å². The monoisotopic (exact) mass is 452 g/mol. The first-order chi connectivity index (χ1) is 14.1. The van der Waals surface area contributed by atoms with Crippen LogP contribution in [0.3, 0.4) is 0 Å². The Morgan fingerprint density at radius 3 is 2.37 bits per heavy atom. The molecule has 8 heteroatoms. The number of nitrogens with one attached hydrogen (secondary N) is 1. The third kappa shape index (κ3) is 5.67. The molecule has 0 aliphatic rings. The molecule has 0 heterocycles. The van der Waals surface area contributed by atoms with Crippen LogP contribution in [0.2, 0.25) is 5.02 Å². The zero-order valence-corrected chi connectivity index (χ0v) is 19.5. The fraction of sp³-hybridized carbons (Fsp3) is 0.409. The Bertz CT molecular complexity index is 994. The van der Waals surface area contributed by atoms with Gasteiger partial charge in [0.2, 0.25) is 15.9 Å². The van der Waals surface area contributed by atoms with Gasteiger partial charge >= 0.3 is 0 Å². The van der Waals surface area contributed by atoms with Crippen LogP contribution in [0.5, 0.6) is 5.75 Å². The largest absolute Gasteiger partial charge is 0.496 e. The molecule has 1 N–H and O–H groups in total. The number of ether oxygens (including phenoxy) is 1. The molecule has 30 heavy (non-hydrogen) atoms. The van der Waals surface area contributed by atoms with Gasteiger partial charge in [0.1, 0.15) is 11.8 Å². The molecule has 0 fully saturated rings. The van der Waals surface area contributed by atoms with E-state index >= 15 is 0 Å². The maximum Gasteiger partial charge on any atom is 0.244 e. The molecule has 2 aromatic rings. The molecule has 0 spiro atoms. The third-order valence-corrected chi connectivity index (χ3v) is 6.35. The van der Waals surface area contributed by atoms with Gasteiger partial charge in [-0.25, -0.2) is 8.42 Å². The summed E-state index contributed by atoms with van der Waals surface area (Å²) < 4.78 is 31.6. The van der Waals surface area contributed by atoms with Gasteiger partial charge in [0, 0.05) is 5.02 Å². The molecule has 0 aliphatic heterocycles. The molecule has 0 radical (unpaired) electrons. The average Bonchev–Trinajstić information content (AvgIpc) is 2.68. The summed E-state index contributed by atoms with van der Waals surface area (Å²) in [7, 11) is -2.10. The Balaban J connectivity index is 2.35. The third-order valence-electron chi connectivity index (χ3n) is 4.94. The summed E-state index contributed by atoms with van der Waals surface area (Å²) in [6.07, 6.45) is 2.06. The second kappa shape index (κ2) is 10.2. The molecular weight excluding hydrogens is 424 g/mol. The van der Waals surface area contributed by atoms with E-state index in [0.717, 1.165) is 27.4 Å². The van der Waals surface area contributed by atoms with E-state index in [9.17, 15) is 13.2 Å². The van der Waals surface area contributed by atoms with Gasteiger partial charge in [-0.3, -0.25) is 9.10 Å². The summed E-state index contributed by atoms with van der Waals surface area (Å²) in [5, 5.41) is 3.42. The van der Waals surface area contributed by atoms with Crippen LogP contribution < -0.4 is 14.4 Å². The number of sulfonamides is 1. The van der Waals surface area contributed by atoms with Gasteiger partial charge in [-0.2, -0.15) is 0 Å². The van der Waals surface area contributed by atoms with Crippen LogP contribution in [0.4, 0.5) is 5.69 Å². The fourth-order valence-corrected chi connectivity index (χ4v) is 4.87.